The predicted molar refractivity (Wildman–Crippen MR) is 51.6 cm³/mol. The van der Waals surface area contributed by atoms with Gasteiger partial charge in [-0.05, 0) is 6.42 Å². The van der Waals surface area contributed by atoms with Crippen molar-refractivity contribution in [3.8, 4) is 0 Å². The predicted octanol–water partition coefficient (Wildman–Crippen LogP) is 3.05. The number of unbranched alkanes of at least 4 members (excludes halogenated alkanes) is 4. The van der Waals surface area contributed by atoms with E-state index in [9.17, 15) is 4.79 Å². The molecule has 0 rings (SSSR count). The highest BCUT2D eigenvalue weighted by molar-refractivity contribution is 8.13. The van der Waals surface area contributed by atoms with Crippen LogP contribution < -0.4 is 0 Å². The summed E-state index contributed by atoms with van der Waals surface area (Å²) in [4.78, 5) is 10.5. The van der Waals surface area contributed by atoms with Crippen LogP contribution in [-0.2, 0) is 4.79 Å². The van der Waals surface area contributed by atoms with Crippen LogP contribution in [0.3, 0.4) is 0 Å². The topological polar surface area (TPSA) is 17.1 Å². The monoisotopic (exact) mass is 173 g/mol. The zero-order chi connectivity index (χ0) is 8.53. The second kappa shape index (κ2) is 8.12. The summed E-state index contributed by atoms with van der Waals surface area (Å²) in [5, 5.41) is 0.238. The third-order valence-corrected chi connectivity index (χ3v) is 2.35. The number of thioether (sulfide) groups is 1. The van der Waals surface area contributed by atoms with Gasteiger partial charge in [-0.15, -0.1) is 0 Å². The van der Waals surface area contributed by atoms with Gasteiger partial charge in [-0.2, -0.15) is 0 Å². The summed E-state index contributed by atoms with van der Waals surface area (Å²) >= 11 is 1.43. The summed E-state index contributed by atoms with van der Waals surface area (Å²) in [6.45, 7) is 5.40. The van der Waals surface area contributed by atoms with Crippen LogP contribution in [0.25, 0.3) is 0 Å². The van der Waals surface area contributed by atoms with Crippen LogP contribution >= 0.6 is 11.8 Å². The van der Waals surface area contributed by atoms with Gasteiger partial charge >= 0.3 is 0 Å². The largest absolute Gasteiger partial charge is 0.288 e. The molecule has 0 saturated heterocycles. The summed E-state index contributed by atoms with van der Waals surface area (Å²) in [6, 6.07) is 0. The van der Waals surface area contributed by atoms with Crippen LogP contribution in [0, 0.1) is 6.92 Å². The van der Waals surface area contributed by atoms with Crippen molar-refractivity contribution < 1.29 is 4.79 Å². The zero-order valence-electron chi connectivity index (χ0n) is 7.27. The quantitative estimate of drug-likeness (QED) is 0.574. The molecule has 0 atom stereocenters. The molecule has 0 unspecified atom stereocenters. The molecule has 0 fully saturated rings. The minimum absolute atomic E-state index is 0.238. The van der Waals surface area contributed by atoms with Gasteiger partial charge in [-0.3, -0.25) is 4.79 Å². The summed E-state index contributed by atoms with van der Waals surface area (Å²) in [7, 11) is 0. The standard InChI is InChI=1S/C9H17OS/c1-3-4-5-6-7-8-11-9(2)10/h1,3-8H2,2H3. The third kappa shape index (κ3) is 10.0. The van der Waals surface area contributed by atoms with Crippen molar-refractivity contribution in [3.63, 3.8) is 0 Å². The van der Waals surface area contributed by atoms with Crippen LogP contribution in [-0.4, -0.2) is 10.9 Å². The van der Waals surface area contributed by atoms with E-state index in [2.05, 4.69) is 6.92 Å². The molecule has 0 aromatic heterocycles. The van der Waals surface area contributed by atoms with Crippen LogP contribution in [0.2, 0.25) is 0 Å². The van der Waals surface area contributed by atoms with Gasteiger partial charge in [0.05, 0.1) is 0 Å². The Morgan fingerprint density at radius 2 is 1.91 bits per heavy atom. The molecule has 0 bridgehead atoms. The van der Waals surface area contributed by atoms with Crippen LogP contribution in [0.15, 0.2) is 0 Å². The number of carbonyl (C=O) groups is 1. The van der Waals surface area contributed by atoms with Crippen molar-refractivity contribution in [3.05, 3.63) is 6.92 Å². The van der Waals surface area contributed by atoms with Crippen LogP contribution in [0.1, 0.15) is 39.0 Å². The molecule has 0 aliphatic carbocycles. The Morgan fingerprint density at radius 1 is 1.27 bits per heavy atom. The minimum atomic E-state index is 0.238. The Hall–Kier alpha value is 0.0200. The molecule has 0 aliphatic rings. The lowest BCUT2D eigenvalue weighted by molar-refractivity contribution is -0.109. The van der Waals surface area contributed by atoms with Gasteiger partial charge in [-0.1, -0.05) is 44.4 Å². The lowest BCUT2D eigenvalue weighted by Gasteiger charge is -1.97. The fraction of sp³-hybridized carbons (Fsp3) is 0.778. The van der Waals surface area contributed by atoms with E-state index >= 15 is 0 Å². The lowest BCUT2D eigenvalue weighted by Crippen LogP contribution is -1.86. The second-order valence-electron chi connectivity index (χ2n) is 2.61. The number of hydrogen-bond acceptors (Lipinski definition) is 2. The smallest absolute Gasteiger partial charge is 0.185 e. The Kier molecular flexibility index (Phi) is 8.13. The van der Waals surface area contributed by atoms with E-state index in [-0.39, 0.29) is 5.12 Å². The van der Waals surface area contributed by atoms with Gasteiger partial charge in [0.2, 0.25) is 0 Å². The molecule has 1 nitrogen and oxygen atoms in total. The third-order valence-electron chi connectivity index (χ3n) is 1.45. The van der Waals surface area contributed by atoms with Gasteiger partial charge in [-0.25, -0.2) is 0 Å². The maximum Gasteiger partial charge on any atom is 0.185 e. The molecule has 11 heavy (non-hydrogen) atoms. The minimum Gasteiger partial charge on any atom is -0.288 e. The first kappa shape index (κ1) is 11.0. The van der Waals surface area contributed by atoms with Crippen molar-refractivity contribution >= 4 is 16.9 Å². The molecule has 0 aliphatic heterocycles. The molecule has 2 heteroatoms. The highest BCUT2D eigenvalue weighted by Gasteiger charge is 1.93. The van der Waals surface area contributed by atoms with Crippen molar-refractivity contribution in [1.29, 1.82) is 0 Å². The van der Waals surface area contributed by atoms with Crippen molar-refractivity contribution in [2.75, 3.05) is 5.75 Å². The molecule has 65 valence electrons. The summed E-state index contributed by atoms with van der Waals surface area (Å²) in [5.74, 6) is 0.993. The van der Waals surface area contributed by atoms with E-state index in [0.29, 0.717) is 0 Å². The first-order valence-electron chi connectivity index (χ1n) is 4.20. The van der Waals surface area contributed by atoms with E-state index in [1.165, 1.54) is 37.4 Å². The number of carbonyl (C=O) groups excluding carboxylic acids is 1. The van der Waals surface area contributed by atoms with Crippen molar-refractivity contribution in [1.82, 2.24) is 0 Å². The molecule has 1 radical (unpaired) electrons. The Bertz CT molecular complexity index is 102. The Labute approximate surface area is 73.9 Å². The van der Waals surface area contributed by atoms with Gasteiger partial charge in [0.1, 0.15) is 0 Å². The fourth-order valence-corrected chi connectivity index (χ4v) is 1.48. The zero-order valence-corrected chi connectivity index (χ0v) is 8.08. The number of rotatable bonds is 6. The SMILES string of the molecule is [CH2]CCCCCCSC(C)=O. The van der Waals surface area contributed by atoms with Crippen LogP contribution in [0.4, 0.5) is 0 Å². The van der Waals surface area contributed by atoms with E-state index in [1.54, 1.807) is 6.92 Å². The molecular weight excluding hydrogens is 156 g/mol. The molecule has 0 aromatic carbocycles. The summed E-state index contributed by atoms with van der Waals surface area (Å²) in [6.07, 6.45) is 5.95. The van der Waals surface area contributed by atoms with E-state index in [0.717, 1.165) is 12.2 Å². The first-order valence-corrected chi connectivity index (χ1v) is 5.18. The maximum absolute atomic E-state index is 10.5. The molecule has 0 spiro atoms. The Morgan fingerprint density at radius 3 is 2.45 bits per heavy atom. The average molecular weight is 173 g/mol. The van der Waals surface area contributed by atoms with E-state index in [1.807, 2.05) is 0 Å². The highest BCUT2D eigenvalue weighted by atomic mass is 32.2. The molecule has 0 N–H and O–H groups in total. The van der Waals surface area contributed by atoms with Gasteiger partial charge in [0, 0.05) is 12.7 Å². The van der Waals surface area contributed by atoms with Gasteiger partial charge in [0.15, 0.2) is 5.12 Å². The number of hydrogen-bond donors (Lipinski definition) is 0. The maximum atomic E-state index is 10.5. The summed E-state index contributed by atoms with van der Waals surface area (Å²) in [5.41, 5.74) is 0. The van der Waals surface area contributed by atoms with Crippen LogP contribution in [0.5, 0.6) is 0 Å². The van der Waals surface area contributed by atoms with Gasteiger partial charge < -0.3 is 0 Å². The second-order valence-corrected chi connectivity index (χ2v) is 3.88. The highest BCUT2D eigenvalue weighted by Crippen LogP contribution is 2.08. The average Bonchev–Trinajstić information content (AvgIpc) is 1.96. The molecule has 0 heterocycles. The van der Waals surface area contributed by atoms with Crippen molar-refractivity contribution in [2.24, 2.45) is 0 Å². The molecule has 0 aromatic rings. The normalized spacial score (nSPS) is 10.0. The molecular formula is C9H17OS. The Balaban J connectivity index is 2.85. The molecule has 0 saturated carbocycles. The summed E-state index contributed by atoms with van der Waals surface area (Å²) < 4.78 is 0. The fourth-order valence-electron chi connectivity index (χ4n) is 0.848. The lowest BCUT2D eigenvalue weighted by atomic mass is 10.2. The first-order chi connectivity index (χ1) is 5.27. The van der Waals surface area contributed by atoms with E-state index < -0.39 is 0 Å². The van der Waals surface area contributed by atoms with Crippen molar-refractivity contribution in [2.45, 2.75) is 39.0 Å². The molecule has 0 amide bonds. The van der Waals surface area contributed by atoms with Gasteiger partial charge in [0.25, 0.3) is 0 Å². The van der Waals surface area contributed by atoms with E-state index in [4.69, 9.17) is 0 Å².